The molecule has 0 radical (unpaired) electrons. The van der Waals surface area contributed by atoms with Crippen LogP contribution >= 0.6 is 0 Å². The molecule has 0 N–H and O–H groups in total. The minimum absolute atomic E-state index is 0.0192. The van der Waals surface area contributed by atoms with Crippen molar-refractivity contribution in [3.8, 4) is 17.6 Å². The van der Waals surface area contributed by atoms with E-state index >= 15 is 0 Å². The normalized spacial score (nSPS) is 10.4. The zero-order chi connectivity index (χ0) is 19.6. The maximum absolute atomic E-state index is 14.1. The van der Waals surface area contributed by atoms with Crippen LogP contribution in [-0.2, 0) is 4.74 Å². The lowest BCUT2D eigenvalue weighted by Crippen LogP contribution is -2.24. The number of fused-ring (bicyclic) bond motifs is 1. The second-order valence-corrected chi connectivity index (χ2v) is 5.31. The van der Waals surface area contributed by atoms with Crippen LogP contribution in [0, 0.1) is 17.1 Å². The molecule has 0 aliphatic carbocycles. The average molecular weight is 368 g/mol. The Labute approximate surface area is 152 Å². The Hall–Kier alpha value is -3.80. The zero-order valence-corrected chi connectivity index (χ0v) is 14.4. The van der Waals surface area contributed by atoms with Crippen molar-refractivity contribution in [1.82, 2.24) is 14.8 Å². The molecule has 3 aromatic rings. The summed E-state index contributed by atoms with van der Waals surface area (Å²) in [7, 11) is 1.27. The van der Waals surface area contributed by atoms with E-state index in [4.69, 9.17) is 9.47 Å². The van der Waals surface area contributed by atoms with Gasteiger partial charge in [0.05, 0.1) is 48.1 Å². The number of benzene rings is 1. The first-order chi connectivity index (χ1) is 13.0. The van der Waals surface area contributed by atoms with Gasteiger partial charge in [0.25, 0.3) is 0 Å². The summed E-state index contributed by atoms with van der Waals surface area (Å²) in [5, 5.41) is 13.4. The highest BCUT2D eigenvalue weighted by Gasteiger charge is 2.21. The Morgan fingerprint density at radius 3 is 2.81 bits per heavy atom. The fourth-order valence-corrected chi connectivity index (χ4v) is 2.58. The van der Waals surface area contributed by atoms with Crippen LogP contribution in [0.4, 0.5) is 4.39 Å². The molecular formula is C18H13FN4O4. The first-order valence-corrected chi connectivity index (χ1v) is 7.85. The molecule has 0 unspecified atom stereocenters. The molecule has 0 fully saturated rings. The number of pyridine rings is 1. The van der Waals surface area contributed by atoms with E-state index < -0.39 is 22.9 Å². The molecule has 0 atom stereocenters. The Morgan fingerprint density at radius 1 is 1.41 bits per heavy atom. The number of rotatable bonds is 4. The number of methoxy groups -OCH3 is 1. The maximum atomic E-state index is 14.1. The molecule has 0 spiro atoms. The predicted octanol–water partition coefficient (Wildman–Crippen LogP) is 1.98. The van der Waals surface area contributed by atoms with Gasteiger partial charge in [-0.3, -0.25) is 4.79 Å². The van der Waals surface area contributed by atoms with Gasteiger partial charge in [-0.2, -0.15) is 10.4 Å². The van der Waals surface area contributed by atoms with Crippen molar-refractivity contribution >= 4 is 16.9 Å². The van der Waals surface area contributed by atoms with Crippen molar-refractivity contribution in [3.63, 3.8) is 0 Å². The summed E-state index contributed by atoms with van der Waals surface area (Å²) < 4.78 is 24.9. The molecule has 0 aliphatic heterocycles. The number of ether oxygens (including phenoxy) is 2. The largest absolute Gasteiger partial charge is 0.479 e. The molecule has 9 heteroatoms. The van der Waals surface area contributed by atoms with E-state index in [0.717, 1.165) is 6.07 Å². The smallest absolute Gasteiger partial charge is 0.362 e. The van der Waals surface area contributed by atoms with Crippen molar-refractivity contribution in [2.75, 3.05) is 13.7 Å². The molecule has 27 heavy (non-hydrogen) atoms. The average Bonchev–Trinajstić information content (AvgIpc) is 2.67. The fourth-order valence-electron chi connectivity index (χ4n) is 2.58. The maximum Gasteiger partial charge on any atom is 0.362 e. The predicted molar refractivity (Wildman–Crippen MR) is 92.3 cm³/mol. The summed E-state index contributed by atoms with van der Waals surface area (Å²) in [6.07, 6.45) is 1.27. The Morgan fingerprint density at radius 2 is 2.19 bits per heavy atom. The highest BCUT2D eigenvalue weighted by Crippen LogP contribution is 2.21. The van der Waals surface area contributed by atoms with E-state index in [1.165, 1.54) is 30.1 Å². The quantitative estimate of drug-likeness (QED) is 0.648. The van der Waals surface area contributed by atoms with Gasteiger partial charge in [0.1, 0.15) is 0 Å². The molecule has 2 aromatic heterocycles. The van der Waals surface area contributed by atoms with E-state index in [2.05, 4.69) is 10.1 Å². The third-order valence-electron chi connectivity index (χ3n) is 3.73. The molecule has 2 heterocycles. The first-order valence-electron chi connectivity index (χ1n) is 7.85. The van der Waals surface area contributed by atoms with Gasteiger partial charge in [-0.05, 0) is 19.1 Å². The molecule has 8 nitrogen and oxygen atoms in total. The van der Waals surface area contributed by atoms with Gasteiger partial charge in [0.2, 0.25) is 17.0 Å². The van der Waals surface area contributed by atoms with Gasteiger partial charge < -0.3 is 9.47 Å². The monoisotopic (exact) mass is 368 g/mol. The fraction of sp³-hybridized carbons (Fsp3) is 0.167. The second-order valence-electron chi connectivity index (χ2n) is 5.31. The van der Waals surface area contributed by atoms with Gasteiger partial charge >= 0.3 is 5.97 Å². The topological polar surface area (TPSA) is 107 Å². The molecule has 0 aliphatic rings. The standard InChI is InChI=1S/C18H13FN4O4/c1-3-27-18(25)15-16(24)14-10(8-20)5-4-6-13(14)23(22-15)11-7-12(19)17(26-2)21-9-11/h4-7,9H,3H2,1-2H3. The number of halogens is 1. The minimum atomic E-state index is -0.937. The molecule has 3 rings (SSSR count). The number of carbonyl (C=O) groups is 1. The van der Waals surface area contributed by atoms with E-state index in [1.54, 1.807) is 13.0 Å². The highest BCUT2D eigenvalue weighted by molar-refractivity contribution is 5.94. The molecule has 0 saturated heterocycles. The lowest BCUT2D eigenvalue weighted by Gasteiger charge is -2.13. The van der Waals surface area contributed by atoms with E-state index in [1.807, 2.05) is 6.07 Å². The van der Waals surface area contributed by atoms with E-state index in [0.29, 0.717) is 0 Å². The van der Waals surface area contributed by atoms with E-state index in [-0.39, 0.29) is 34.6 Å². The molecule has 0 saturated carbocycles. The van der Waals surface area contributed by atoms with Gasteiger partial charge in [0.15, 0.2) is 5.82 Å². The lowest BCUT2D eigenvalue weighted by atomic mass is 10.1. The zero-order valence-electron chi connectivity index (χ0n) is 14.4. The molecule has 0 bridgehead atoms. The summed E-state index contributed by atoms with van der Waals surface area (Å²) in [6.45, 7) is 1.62. The third-order valence-corrected chi connectivity index (χ3v) is 3.73. The Kier molecular flexibility index (Phi) is 4.81. The lowest BCUT2D eigenvalue weighted by molar-refractivity contribution is 0.0516. The van der Waals surface area contributed by atoms with Crippen LogP contribution in [0.15, 0.2) is 35.3 Å². The van der Waals surface area contributed by atoms with Crippen LogP contribution in [0.1, 0.15) is 23.0 Å². The summed E-state index contributed by atoms with van der Waals surface area (Å²) in [4.78, 5) is 28.7. The number of hydrogen-bond acceptors (Lipinski definition) is 7. The summed E-state index contributed by atoms with van der Waals surface area (Å²) >= 11 is 0. The first kappa shape index (κ1) is 18.0. The molecule has 0 amide bonds. The van der Waals surface area contributed by atoms with Crippen LogP contribution < -0.4 is 10.2 Å². The van der Waals surface area contributed by atoms with Crippen LogP contribution in [-0.4, -0.2) is 34.5 Å². The number of carbonyl (C=O) groups excluding carboxylic acids is 1. The van der Waals surface area contributed by atoms with Gasteiger partial charge in [0, 0.05) is 6.07 Å². The van der Waals surface area contributed by atoms with Gasteiger partial charge in [-0.1, -0.05) is 6.07 Å². The number of nitriles is 1. The van der Waals surface area contributed by atoms with Gasteiger partial charge in [-0.25, -0.2) is 18.9 Å². The van der Waals surface area contributed by atoms with Crippen LogP contribution in [0.5, 0.6) is 5.88 Å². The summed E-state index contributed by atoms with van der Waals surface area (Å²) in [5.74, 6) is -1.90. The highest BCUT2D eigenvalue weighted by atomic mass is 19.1. The number of nitrogens with zero attached hydrogens (tertiary/aromatic N) is 4. The molecule has 136 valence electrons. The number of esters is 1. The number of aromatic nitrogens is 3. The summed E-state index contributed by atoms with van der Waals surface area (Å²) in [5.41, 5.74) is -0.833. The van der Waals surface area contributed by atoms with Crippen molar-refractivity contribution < 1.29 is 18.7 Å². The van der Waals surface area contributed by atoms with Crippen molar-refractivity contribution in [3.05, 3.63) is 57.8 Å². The third kappa shape index (κ3) is 3.08. The van der Waals surface area contributed by atoms with Gasteiger partial charge in [-0.15, -0.1) is 0 Å². The van der Waals surface area contributed by atoms with E-state index in [9.17, 15) is 19.2 Å². The minimum Gasteiger partial charge on any atom is -0.479 e. The molecular weight excluding hydrogens is 355 g/mol. The number of hydrogen-bond donors (Lipinski definition) is 0. The Balaban J connectivity index is 2.40. The van der Waals surface area contributed by atoms with Crippen LogP contribution in [0.2, 0.25) is 0 Å². The van der Waals surface area contributed by atoms with Crippen molar-refractivity contribution in [1.29, 1.82) is 5.26 Å². The van der Waals surface area contributed by atoms with Crippen LogP contribution in [0.25, 0.3) is 16.6 Å². The SMILES string of the molecule is CCOC(=O)c1nn(-c2cnc(OC)c(F)c2)c2cccc(C#N)c2c1=O. The van der Waals surface area contributed by atoms with Crippen molar-refractivity contribution in [2.24, 2.45) is 0 Å². The van der Waals surface area contributed by atoms with Crippen LogP contribution in [0.3, 0.4) is 0 Å². The second kappa shape index (κ2) is 7.21. The Bertz CT molecular complexity index is 1150. The summed E-state index contributed by atoms with van der Waals surface area (Å²) in [6, 6.07) is 7.53. The van der Waals surface area contributed by atoms with Crippen molar-refractivity contribution in [2.45, 2.75) is 6.92 Å². The molecule has 1 aromatic carbocycles.